The molecular formula is C26H32F2N4O2. The van der Waals surface area contributed by atoms with Crippen molar-refractivity contribution >= 4 is 16.9 Å². The first-order chi connectivity index (χ1) is 16.5. The Morgan fingerprint density at radius 2 is 2.06 bits per heavy atom. The molecule has 0 bridgehead atoms. The standard InChI is InChI=1S/C26H32F2N4O2/c1-34-13-5-12-32-24-8-3-2-7-23(24)30-26(32)19-6-4-11-31(17-19)25(33)16-20(29)14-18-9-10-21(27)22(28)15-18/h2-3,7-10,15,19-20H,4-6,11-14,16-17,29H2,1H3. The summed E-state index contributed by atoms with van der Waals surface area (Å²) >= 11 is 0. The van der Waals surface area contributed by atoms with Gasteiger partial charge in [0.05, 0.1) is 11.0 Å². The normalized spacial score (nSPS) is 17.3. The molecule has 1 aliphatic rings. The van der Waals surface area contributed by atoms with Gasteiger partial charge in [-0.15, -0.1) is 0 Å². The van der Waals surface area contributed by atoms with Crippen LogP contribution < -0.4 is 5.73 Å². The molecule has 0 aliphatic carbocycles. The van der Waals surface area contributed by atoms with Crippen LogP contribution in [0.25, 0.3) is 11.0 Å². The third-order valence-corrected chi connectivity index (χ3v) is 6.47. The smallest absolute Gasteiger partial charge is 0.224 e. The summed E-state index contributed by atoms with van der Waals surface area (Å²) in [6.45, 7) is 2.78. The molecule has 6 nitrogen and oxygen atoms in total. The zero-order valence-corrected chi connectivity index (χ0v) is 19.6. The molecule has 0 spiro atoms. The number of amides is 1. The SMILES string of the molecule is COCCCn1c(C2CCCN(C(=O)CC(N)Cc3ccc(F)c(F)c3)C2)nc2ccccc21. The van der Waals surface area contributed by atoms with Crippen LogP contribution in [0.4, 0.5) is 8.78 Å². The highest BCUT2D eigenvalue weighted by atomic mass is 19.2. The van der Waals surface area contributed by atoms with Crippen LogP contribution in [0, 0.1) is 11.6 Å². The summed E-state index contributed by atoms with van der Waals surface area (Å²) < 4.78 is 34.2. The van der Waals surface area contributed by atoms with E-state index in [0.29, 0.717) is 31.7 Å². The lowest BCUT2D eigenvalue weighted by Gasteiger charge is -2.33. The van der Waals surface area contributed by atoms with Gasteiger partial charge in [-0.1, -0.05) is 18.2 Å². The molecule has 2 N–H and O–H groups in total. The molecule has 2 aromatic carbocycles. The third kappa shape index (κ3) is 5.62. The number of nitrogens with two attached hydrogens (primary N) is 1. The minimum atomic E-state index is -0.900. The number of aryl methyl sites for hydroxylation is 1. The molecular weight excluding hydrogens is 438 g/mol. The van der Waals surface area contributed by atoms with Crippen molar-refractivity contribution in [1.82, 2.24) is 14.5 Å². The Balaban J connectivity index is 1.43. The first kappa shape index (κ1) is 24.3. The van der Waals surface area contributed by atoms with E-state index < -0.39 is 17.7 Å². The predicted molar refractivity (Wildman–Crippen MR) is 127 cm³/mol. The van der Waals surface area contributed by atoms with Crippen molar-refractivity contribution in [2.75, 3.05) is 26.8 Å². The molecule has 4 rings (SSSR count). The fraction of sp³-hybridized carbons (Fsp3) is 0.462. The first-order valence-electron chi connectivity index (χ1n) is 11.9. The minimum absolute atomic E-state index is 0.0122. The van der Waals surface area contributed by atoms with Gasteiger partial charge in [-0.05, 0) is 55.5 Å². The Hall–Kier alpha value is -2.84. The van der Waals surface area contributed by atoms with Gasteiger partial charge >= 0.3 is 0 Å². The summed E-state index contributed by atoms with van der Waals surface area (Å²) in [5, 5.41) is 0. The second-order valence-electron chi connectivity index (χ2n) is 9.05. The highest BCUT2D eigenvalue weighted by molar-refractivity contribution is 5.77. The van der Waals surface area contributed by atoms with E-state index in [1.54, 1.807) is 7.11 Å². The van der Waals surface area contributed by atoms with Crippen molar-refractivity contribution in [3.63, 3.8) is 0 Å². The Kier molecular flexibility index (Phi) is 7.90. The van der Waals surface area contributed by atoms with Gasteiger partial charge in [0.15, 0.2) is 11.6 Å². The summed E-state index contributed by atoms with van der Waals surface area (Å²) in [7, 11) is 1.70. The van der Waals surface area contributed by atoms with Crippen LogP contribution in [-0.4, -0.2) is 53.2 Å². The van der Waals surface area contributed by atoms with Crippen molar-refractivity contribution in [1.29, 1.82) is 0 Å². The molecule has 2 atom stereocenters. The topological polar surface area (TPSA) is 73.4 Å². The van der Waals surface area contributed by atoms with Crippen molar-refractivity contribution in [2.45, 2.75) is 50.6 Å². The van der Waals surface area contributed by atoms with Crippen LogP contribution in [0.1, 0.15) is 43.0 Å². The maximum Gasteiger partial charge on any atom is 0.224 e. The van der Waals surface area contributed by atoms with Crippen LogP contribution in [-0.2, 0) is 22.5 Å². The summed E-state index contributed by atoms with van der Waals surface area (Å²) in [5.41, 5.74) is 8.85. The maximum absolute atomic E-state index is 13.5. The molecule has 8 heteroatoms. The van der Waals surface area contributed by atoms with E-state index in [2.05, 4.69) is 10.6 Å². The van der Waals surface area contributed by atoms with Crippen LogP contribution >= 0.6 is 0 Å². The monoisotopic (exact) mass is 470 g/mol. The minimum Gasteiger partial charge on any atom is -0.385 e. The number of halogens is 2. The van der Waals surface area contributed by atoms with E-state index in [1.165, 1.54) is 6.07 Å². The van der Waals surface area contributed by atoms with Crippen LogP contribution in [0.5, 0.6) is 0 Å². The van der Waals surface area contributed by atoms with E-state index in [0.717, 1.165) is 54.8 Å². The highest BCUT2D eigenvalue weighted by Gasteiger charge is 2.29. The zero-order valence-electron chi connectivity index (χ0n) is 19.6. The van der Waals surface area contributed by atoms with Crippen molar-refractivity contribution in [3.8, 4) is 0 Å². The second-order valence-corrected chi connectivity index (χ2v) is 9.05. The first-order valence-corrected chi connectivity index (χ1v) is 11.9. The fourth-order valence-electron chi connectivity index (χ4n) is 4.82. The number of carbonyl (C=O) groups excluding carboxylic acids is 1. The zero-order chi connectivity index (χ0) is 24.1. The number of fused-ring (bicyclic) bond motifs is 1. The quantitative estimate of drug-likeness (QED) is 0.480. The number of imidazole rings is 1. The molecule has 1 fully saturated rings. The highest BCUT2D eigenvalue weighted by Crippen LogP contribution is 2.30. The number of hydrogen-bond donors (Lipinski definition) is 1. The lowest BCUT2D eigenvalue weighted by atomic mass is 9.96. The molecule has 0 saturated carbocycles. The van der Waals surface area contributed by atoms with Crippen molar-refractivity contribution < 1.29 is 18.3 Å². The maximum atomic E-state index is 13.5. The molecule has 1 aromatic heterocycles. The number of hydrogen-bond acceptors (Lipinski definition) is 4. The Bertz CT molecular complexity index is 1130. The lowest BCUT2D eigenvalue weighted by Crippen LogP contribution is -2.42. The number of nitrogens with zero attached hydrogens (tertiary/aromatic N) is 3. The van der Waals surface area contributed by atoms with E-state index in [9.17, 15) is 13.6 Å². The number of likely N-dealkylation sites (tertiary alicyclic amines) is 1. The molecule has 3 aromatic rings. The van der Waals surface area contributed by atoms with Crippen molar-refractivity contribution in [2.24, 2.45) is 5.73 Å². The lowest BCUT2D eigenvalue weighted by molar-refractivity contribution is -0.132. The largest absolute Gasteiger partial charge is 0.385 e. The summed E-state index contributed by atoms with van der Waals surface area (Å²) in [4.78, 5) is 19.8. The van der Waals surface area contributed by atoms with Gasteiger partial charge < -0.3 is 19.9 Å². The molecule has 0 radical (unpaired) electrons. The number of benzene rings is 2. The van der Waals surface area contributed by atoms with E-state index in [-0.39, 0.29) is 18.2 Å². The van der Waals surface area contributed by atoms with Gasteiger partial charge in [0.2, 0.25) is 5.91 Å². The van der Waals surface area contributed by atoms with E-state index >= 15 is 0 Å². The van der Waals surface area contributed by atoms with Gasteiger partial charge in [0.25, 0.3) is 0 Å². The number of aromatic nitrogens is 2. The molecule has 2 unspecified atom stereocenters. The molecule has 34 heavy (non-hydrogen) atoms. The van der Waals surface area contributed by atoms with Gasteiger partial charge in [0.1, 0.15) is 5.82 Å². The van der Waals surface area contributed by atoms with E-state index in [4.69, 9.17) is 15.5 Å². The average Bonchev–Trinajstić information content (AvgIpc) is 3.20. The number of rotatable bonds is 9. The van der Waals surface area contributed by atoms with Gasteiger partial charge in [-0.25, -0.2) is 13.8 Å². The average molecular weight is 471 g/mol. The summed E-state index contributed by atoms with van der Waals surface area (Å²) in [6, 6.07) is 11.4. The molecule has 182 valence electrons. The molecule has 1 aliphatic heterocycles. The van der Waals surface area contributed by atoms with E-state index in [1.807, 2.05) is 23.1 Å². The van der Waals surface area contributed by atoms with Gasteiger partial charge in [0, 0.05) is 51.7 Å². The third-order valence-electron chi connectivity index (χ3n) is 6.47. The second kappa shape index (κ2) is 11.1. The number of ether oxygens (including phenoxy) is 1. The summed E-state index contributed by atoms with van der Waals surface area (Å²) in [6.07, 6.45) is 3.23. The van der Waals surface area contributed by atoms with Gasteiger partial charge in [-0.2, -0.15) is 0 Å². The van der Waals surface area contributed by atoms with Gasteiger partial charge in [-0.3, -0.25) is 4.79 Å². The fourth-order valence-corrected chi connectivity index (χ4v) is 4.82. The predicted octanol–water partition coefficient (Wildman–Crippen LogP) is 4.02. The number of methoxy groups -OCH3 is 1. The van der Waals surface area contributed by atoms with Crippen molar-refractivity contribution in [3.05, 3.63) is 65.5 Å². The molecule has 1 amide bonds. The molecule has 1 saturated heterocycles. The van der Waals surface area contributed by atoms with Crippen LogP contribution in [0.15, 0.2) is 42.5 Å². The Morgan fingerprint density at radius 3 is 2.85 bits per heavy atom. The Morgan fingerprint density at radius 1 is 1.24 bits per heavy atom. The number of para-hydroxylation sites is 2. The number of carbonyl (C=O) groups is 1. The number of piperidine rings is 1. The Labute approximate surface area is 198 Å². The summed E-state index contributed by atoms with van der Waals surface area (Å²) in [5.74, 6) is -0.637. The molecule has 2 heterocycles. The van der Waals surface area contributed by atoms with Crippen LogP contribution in [0.2, 0.25) is 0 Å². The van der Waals surface area contributed by atoms with Crippen LogP contribution in [0.3, 0.4) is 0 Å².